The first-order valence-corrected chi connectivity index (χ1v) is 8.74. The first-order valence-electron chi connectivity index (χ1n) is 7.94. The molecule has 3 rings (SSSR count). The molecular weight excluding hydrogens is 333 g/mol. The summed E-state index contributed by atoms with van der Waals surface area (Å²) in [4.78, 5) is 0. The van der Waals surface area contributed by atoms with Crippen LogP contribution in [0, 0.1) is 11.2 Å². The molecular formula is C17H23BrFNO. The molecule has 1 aromatic rings. The molecule has 1 aromatic carbocycles. The van der Waals surface area contributed by atoms with Crippen LogP contribution < -0.4 is 5.32 Å². The lowest BCUT2D eigenvalue weighted by Gasteiger charge is -2.54. The predicted molar refractivity (Wildman–Crippen MR) is 85.7 cm³/mol. The van der Waals surface area contributed by atoms with Crippen LogP contribution in [0.25, 0.3) is 0 Å². The summed E-state index contributed by atoms with van der Waals surface area (Å²) in [5.74, 6) is -0.175. The van der Waals surface area contributed by atoms with Crippen molar-refractivity contribution in [3.05, 3.63) is 34.1 Å². The van der Waals surface area contributed by atoms with E-state index < -0.39 is 0 Å². The first-order chi connectivity index (χ1) is 10.2. The van der Waals surface area contributed by atoms with Crippen molar-refractivity contribution in [2.75, 3.05) is 6.61 Å². The Labute approximate surface area is 134 Å². The fourth-order valence-corrected chi connectivity index (χ4v) is 4.47. The molecule has 0 aromatic heterocycles. The fourth-order valence-electron chi connectivity index (χ4n) is 4.08. The van der Waals surface area contributed by atoms with Crippen molar-refractivity contribution in [1.29, 1.82) is 0 Å². The van der Waals surface area contributed by atoms with Crippen molar-refractivity contribution in [1.82, 2.24) is 5.32 Å². The van der Waals surface area contributed by atoms with Crippen LogP contribution in [0.5, 0.6) is 0 Å². The van der Waals surface area contributed by atoms with Crippen molar-refractivity contribution in [3.8, 4) is 0 Å². The second-order valence-corrected chi connectivity index (χ2v) is 7.14. The molecule has 116 valence electrons. The summed E-state index contributed by atoms with van der Waals surface area (Å²) in [6, 6.07) is 5.38. The fraction of sp³-hybridized carbons (Fsp3) is 0.647. The van der Waals surface area contributed by atoms with Crippen LogP contribution >= 0.6 is 15.9 Å². The molecule has 2 aliphatic rings. The van der Waals surface area contributed by atoms with Crippen LogP contribution in [-0.2, 0) is 11.3 Å². The standard InChI is InChI=1S/C17H23BrFNO/c1-2-21-16-10-15(17(16)7-3-4-8-17)20-11-12-9-13(19)5-6-14(12)18/h5-6,9,15-16,20H,2-4,7-8,10-11H2,1H3. The molecule has 4 heteroatoms. The van der Waals surface area contributed by atoms with Crippen molar-refractivity contribution >= 4 is 15.9 Å². The summed E-state index contributed by atoms with van der Waals surface area (Å²) in [6.07, 6.45) is 6.65. The SMILES string of the molecule is CCOC1CC(NCc2cc(F)ccc2Br)C12CCCC2. The van der Waals surface area contributed by atoms with E-state index in [9.17, 15) is 4.39 Å². The van der Waals surface area contributed by atoms with Gasteiger partial charge in [-0.2, -0.15) is 0 Å². The third-order valence-electron chi connectivity index (χ3n) is 5.23. The van der Waals surface area contributed by atoms with E-state index in [1.54, 1.807) is 12.1 Å². The van der Waals surface area contributed by atoms with E-state index in [0.29, 0.717) is 24.1 Å². The maximum absolute atomic E-state index is 13.4. The van der Waals surface area contributed by atoms with E-state index >= 15 is 0 Å². The van der Waals surface area contributed by atoms with Gasteiger partial charge in [0, 0.05) is 29.1 Å². The zero-order chi connectivity index (χ0) is 14.9. The Kier molecular flexibility index (Phi) is 4.67. The number of rotatable bonds is 5. The topological polar surface area (TPSA) is 21.3 Å². The number of halogens is 2. The van der Waals surface area contributed by atoms with Crippen LogP contribution in [0.1, 0.15) is 44.6 Å². The zero-order valence-corrected chi connectivity index (χ0v) is 14.1. The van der Waals surface area contributed by atoms with Crippen LogP contribution in [0.3, 0.4) is 0 Å². The molecule has 0 heterocycles. The summed E-state index contributed by atoms with van der Waals surface area (Å²) in [5.41, 5.74) is 1.32. The van der Waals surface area contributed by atoms with Crippen molar-refractivity contribution in [2.45, 2.75) is 57.7 Å². The zero-order valence-electron chi connectivity index (χ0n) is 12.5. The predicted octanol–water partition coefficient (Wildman–Crippen LogP) is 4.42. The Bertz CT molecular complexity index is 502. The lowest BCUT2D eigenvalue weighted by atomic mass is 9.60. The Morgan fingerprint density at radius 3 is 2.86 bits per heavy atom. The number of benzene rings is 1. The third-order valence-corrected chi connectivity index (χ3v) is 6.01. The van der Waals surface area contributed by atoms with Gasteiger partial charge in [-0.05, 0) is 49.9 Å². The van der Waals surface area contributed by atoms with E-state index in [-0.39, 0.29) is 5.82 Å². The molecule has 2 fully saturated rings. The molecule has 21 heavy (non-hydrogen) atoms. The monoisotopic (exact) mass is 355 g/mol. The van der Waals surface area contributed by atoms with Gasteiger partial charge in [0.1, 0.15) is 5.82 Å². The second kappa shape index (κ2) is 6.35. The largest absolute Gasteiger partial charge is 0.378 e. The smallest absolute Gasteiger partial charge is 0.123 e. The minimum atomic E-state index is -0.175. The summed E-state index contributed by atoms with van der Waals surface area (Å²) in [5, 5.41) is 3.65. The molecule has 2 unspecified atom stereocenters. The highest BCUT2D eigenvalue weighted by Crippen LogP contribution is 2.54. The van der Waals surface area contributed by atoms with Crippen LogP contribution in [-0.4, -0.2) is 18.8 Å². The van der Waals surface area contributed by atoms with Crippen LogP contribution in [0.15, 0.2) is 22.7 Å². The summed E-state index contributed by atoms with van der Waals surface area (Å²) < 4.78 is 20.3. The Morgan fingerprint density at radius 1 is 1.38 bits per heavy atom. The van der Waals surface area contributed by atoms with E-state index in [1.165, 1.54) is 31.7 Å². The van der Waals surface area contributed by atoms with Crippen molar-refractivity contribution in [3.63, 3.8) is 0 Å². The molecule has 0 bridgehead atoms. The summed E-state index contributed by atoms with van der Waals surface area (Å²) >= 11 is 3.50. The van der Waals surface area contributed by atoms with Gasteiger partial charge in [-0.25, -0.2) is 4.39 Å². The molecule has 0 aliphatic heterocycles. The van der Waals surface area contributed by atoms with E-state index in [4.69, 9.17) is 4.74 Å². The highest BCUT2D eigenvalue weighted by molar-refractivity contribution is 9.10. The quantitative estimate of drug-likeness (QED) is 0.844. The molecule has 2 atom stereocenters. The number of nitrogens with one attached hydrogen (secondary N) is 1. The van der Waals surface area contributed by atoms with Gasteiger partial charge in [0.05, 0.1) is 6.10 Å². The number of hydrogen-bond donors (Lipinski definition) is 1. The summed E-state index contributed by atoms with van der Waals surface area (Å²) in [7, 11) is 0. The first kappa shape index (κ1) is 15.4. The molecule has 0 amide bonds. The van der Waals surface area contributed by atoms with E-state index in [0.717, 1.165) is 23.1 Å². The van der Waals surface area contributed by atoms with Crippen LogP contribution in [0.4, 0.5) is 4.39 Å². The highest BCUT2D eigenvalue weighted by Gasteiger charge is 2.56. The number of ether oxygens (including phenoxy) is 1. The Balaban J connectivity index is 1.64. The van der Waals surface area contributed by atoms with Crippen LogP contribution in [0.2, 0.25) is 0 Å². The molecule has 2 aliphatic carbocycles. The average molecular weight is 356 g/mol. The van der Waals surface area contributed by atoms with Gasteiger partial charge in [0.15, 0.2) is 0 Å². The van der Waals surface area contributed by atoms with Gasteiger partial charge in [0.2, 0.25) is 0 Å². The van der Waals surface area contributed by atoms with Gasteiger partial charge >= 0.3 is 0 Å². The van der Waals surface area contributed by atoms with Gasteiger partial charge in [-0.1, -0.05) is 28.8 Å². The van der Waals surface area contributed by atoms with Gasteiger partial charge in [0.25, 0.3) is 0 Å². The van der Waals surface area contributed by atoms with Gasteiger partial charge < -0.3 is 10.1 Å². The van der Waals surface area contributed by atoms with Crippen molar-refractivity contribution in [2.24, 2.45) is 5.41 Å². The lowest BCUT2D eigenvalue weighted by Crippen LogP contribution is -2.62. The Hall–Kier alpha value is -0.450. The van der Waals surface area contributed by atoms with Crippen molar-refractivity contribution < 1.29 is 9.13 Å². The molecule has 0 radical (unpaired) electrons. The molecule has 2 nitrogen and oxygen atoms in total. The Morgan fingerprint density at radius 2 is 2.14 bits per heavy atom. The lowest BCUT2D eigenvalue weighted by molar-refractivity contribution is -0.130. The van der Waals surface area contributed by atoms with E-state index in [2.05, 4.69) is 28.2 Å². The van der Waals surface area contributed by atoms with Gasteiger partial charge in [-0.15, -0.1) is 0 Å². The molecule has 0 saturated heterocycles. The minimum absolute atomic E-state index is 0.175. The normalized spacial score (nSPS) is 27.0. The second-order valence-electron chi connectivity index (χ2n) is 6.29. The molecule has 2 saturated carbocycles. The number of hydrogen-bond acceptors (Lipinski definition) is 2. The van der Waals surface area contributed by atoms with Gasteiger partial charge in [-0.3, -0.25) is 0 Å². The highest BCUT2D eigenvalue weighted by atomic mass is 79.9. The average Bonchev–Trinajstić information content (AvgIpc) is 2.98. The molecule has 1 N–H and O–H groups in total. The maximum Gasteiger partial charge on any atom is 0.123 e. The maximum atomic E-state index is 13.4. The van der Waals surface area contributed by atoms with E-state index in [1.807, 2.05) is 0 Å². The molecule has 1 spiro atoms. The minimum Gasteiger partial charge on any atom is -0.378 e. The third kappa shape index (κ3) is 2.90. The summed E-state index contributed by atoms with van der Waals surface area (Å²) in [6.45, 7) is 3.59.